The quantitative estimate of drug-likeness (QED) is 0.589. The largest absolute Gasteiger partial charge is 0.493 e. The Bertz CT molecular complexity index is 923. The smallest absolute Gasteiger partial charge is 0.266 e. The summed E-state index contributed by atoms with van der Waals surface area (Å²) in [6.45, 7) is 0. The van der Waals surface area contributed by atoms with Gasteiger partial charge in [0.15, 0.2) is 11.5 Å². The van der Waals surface area contributed by atoms with Crippen LogP contribution in [0.4, 0.5) is 10.1 Å². The number of nitriles is 1. The van der Waals surface area contributed by atoms with Crippen molar-refractivity contribution in [2.24, 2.45) is 0 Å². The van der Waals surface area contributed by atoms with E-state index in [1.165, 1.54) is 38.5 Å². The van der Waals surface area contributed by atoms with Gasteiger partial charge in [-0.15, -0.1) is 0 Å². The second-order valence-electron chi connectivity index (χ2n) is 4.99. The molecule has 5 nitrogen and oxygen atoms in total. The standard InChI is InChI=1S/C18H13Cl2FN2O3/c1-25-16-7-10(6-14(20)17(16)26-2)5-11(9-22)18(24)23-12-3-4-15(21)13(19)8-12/h3-8H,1-2H3,(H,23,24)/b11-5+. The number of nitrogens with zero attached hydrogens (tertiary/aromatic N) is 1. The van der Waals surface area contributed by atoms with Crippen molar-refractivity contribution < 1.29 is 18.7 Å². The summed E-state index contributed by atoms with van der Waals surface area (Å²) in [6, 6.07) is 8.61. The second-order valence-corrected chi connectivity index (χ2v) is 5.81. The molecule has 2 rings (SSSR count). The van der Waals surface area contributed by atoms with Crippen molar-refractivity contribution in [1.82, 2.24) is 0 Å². The van der Waals surface area contributed by atoms with Gasteiger partial charge in [0.1, 0.15) is 17.5 Å². The Hall–Kier alpha value is -2.75. The van der Waals surface area contributed by atoms with Crippen molar-refractivity contribution in [3.05, 3.63) is 57.3 Å². The first-order valence-electron chi connectivity index (χ1n) is 7.19. The lowest BCUT2D eigenvalue weighted by Gasteiger charge is -2.10. The van der Waals surface area contributed by atoms with E-state index in [4.69, 9.17) is 32.7 Å². The molecule has 0 aromatic heterocycles. The van der Waals surface area contributed by atoms with Gasteiger partial charge >= 0.3 is 0 Å². The van der Waals surface area contributed by atoms with Crippen molar-refractivity contribution >= 4 is 40.9 Å². The molecule has 0 aliphatic carbocycles. The van der Waals surface area contributed by atoms with E-state index in [1.54, 1.807) is 6.07 Å². The number of hydrogen-bond acceptors (Lipinski definition) is 4. The van der Waals surface area contributed by atoms with E-state index >= 15 is 0 Å². The summed E-state index contributed by atoms with van der Waals surface area (Å²) >= 11 is 11.8. The SMILES string of the molecule is COc1cc(/C=C(\C#N)C(=O)Nc2ccc(F)c(Cl)c2)cc(Cl)c1OC. The highest BCUT2D eigenvalue weighted by atomic mass is 35.5. The Kier molecular flexibility index (Phi) is 6.45. The number of benzene rings is 2. The van der Waals surface area contributed by atoms with Gasteiger partial charge in [-0.3, -0.25) is 4.79 Å². The third-order valence-electron chi connectivity index (χ3n) is 3.31. The molecule has 2 aromatic carbocycles. The van der Waals surface area contributed by atoms with Gasteiger partial charge < -0.3 is 14.8 Å². The minimum Gasteiger partial charge on any atom is -0.493 e. The van der Waals surface area contributed by atoms with Gasteiger partial charge in [0, 0.05) is 5.69 Å². The zero-order valence-electron chi connectivity index (χ0n) is 13.8. The molecule has 2 aromatic rings. The van der Waals surface area contributed by atoms with Crippen LogP contribution >= 0.6 is 23.2 Å². The zero-order chi connectivity index (χ0) is 19.3. The number of anilines is 1. The molecule has 0 atom stereocenters. The van der Waals surface area contributed by atoms with Crippen LogP contribution < -0.4 is 14.8 Å². The average molecular weight is 395 g/mol. The first-order valence-corrected chi connectivity index (χ1v) is 7.95. The van der Waals surface area contributed by atoms with E-state index in [9.17, 15) is 14.4 Å². The monoisotopic (exact) mass is 394 g/mol. The van der Waals surface area contributed by atoms with Gasteiger partial charge in [-0.05, 0) is 42.0 Å². The van der Waals surface area contributed by atoms with Crippen LogP contribution in [0.2, 0.25) is 10.0 Å². The fraction of sp³-hybridized carbons (Fsp3) is 0.111. The van der Waals surface area contributed by atoms with Gasteiger partial charge in [0.2, 0.25) is 0 Å². The molecule has 0 fully saturated rings. The lowest BCUT2D eigenvalue weighted by molar-refractivity contribution is -0.112. The molecule has 0 aliphatic rings. The average Bonchev–Trinajstić information content (AvgIpc) is 2.62. The summed E-state index contributed by atoms with van der Waals surface area (Å²) < 4.78 is 23.5. The van der Waals surface area contributed by atoms with E-state index < -0.39 is 11.7 Å². The van der Waals surface area contributed by atoms with Gasteiger partial charge in [-0.2, -0.15) is 5.26 Å². The summed E-state index contributed by atoms with van der Waals surface area (Å²) in [4.78, 5) is 12.3. The van der Waals surface area contributed by atoms with Crippen LogP contribution in [0.3, 0.4) is 0 Å². The first-order chi connectivity index (χ1) is 12.4. The highest BCUT2D eigenvalue weighted by molar-refractivity contribution is 6.32. The molecule has 0 spiro atoms. The Morgan fingerprint density at radius 3 is 2.50 bits per heavy atom. The number of rotatable bonds is 5. The fourth-order valence-corrected chi connectivity index (χ4v) is 2.59. The molecule has 0 saturated heterocycles. The maximum atomic E-state index is 13.2. The van der Waals surface area contributed by atoms with Crippen LogP contribution in [0.25, 0.3) is 6.08 Å². The van der Waals surface area contributed by atoms with Crippen LogP contribution in [0.1, 0.15) is 5.56 Å². The van der Waals surface area contributed by atoms with Gasteiger partial charge in [-0.1, -0.05) is 23.2 Å². The van der Waals surface area contributed by atoms with Crippen LogP contribution in [0, 0.1) is 17.1 Å². The molecule has 1 amide bonds. The van der Waals surface area contributed by atoms with E-state index in [-0.39, 0.29) is 21.3 Å². The van der Waals surface area contributed by atoms with Crippen molar-refractivity contribution in [3.8, 4) is 17.6 Å². The van der Waals surface area contributed by atoms with Crippen LogP contribution in [-0.4, -0.2) is 20.1 Å². The lowest BCUT2D eigenvalue weighted by atomic mass is 10.1. The zero-order valence-corrected chi connectivity index (χ0v) is 15.3. The number of ether oxygens (including phenoxy) is 2. The molecule has 0 unspecified atom stereocenters. The van der Waals surface area contributed by atoms with Crippen molar-refractivity contribution in [2.75, 3.05) is 19.5 Å². The highest BCUT2D eigenvalue weighted by Crippen LogP contribution is 2.36. The third kappa shape index (κ3) is 4.45. The Balaban J connectivity index is 2.32. The molecule has 0 heterocycles. The summed E-state index contributed by atoms with van der Waals surface area (Å²) in [5.74, 6) is -0.591. The summed E-state index contributed by atoms with van der Waals surface area (Å²) in [5, 5.41) is 11.9. The Labute approximate surface area is 159 Å². The molecular weight excluding hydrogens is 382 g/mol. The number of halogens is 3. The molecule has 134 valence electrons. The van der Waals surface area contributed by atoms with Crippen molar-refractivity contribution in [3.63, 3.8) is 0 Å². The van der Waals surface area contributed by atoms with Gasteiger partial charge in [0.25, 0.3) is 5.91 Å². The maximum Gasteiger partial charge on any atom is 0.266 e. The molecule has 8 heteroatoms. The topological polar surface area (TPSA) is 71.3 Å². The van der Waals surface area contributed by atoms with Gasteiger partial charge in [-0.25, -0.2) is 4.39 Å². The predicted molar refractivity (Wildman–Crippen MR) is 98.2 cm³/mol. The van der Waals surface area contributed by atoms with E-state index in [0.29, 0.717) is 17.1 Å². The predicted octanol–water partition coefficient (Wildman–Crippen LogP) is 4.70. The normalized spacial score (nSPS) is 10.8. The van der Waals surface area contributed by atoms with E-state index in [1.807, 2.05) is 6.07 Å². The van der Waals surface area contributed by atoms with Crippen molar-refractivity contribution in [2.45, 2.75) is 0 Å². The number of nitrogens with one attached hydrogen (secondary N) is 1. The molecule has 0 aliphatic heterocycles. The highest BCUT2D eigenvalue weighted by Gasteiger charge is 2.14. The number of amides is 1. The summed E-state index contributed by atoms with van der Waals surface area (Å²) in [6.07, 6.45) is 1.34. The van der Waals surface area contributed by atoms with Gasteiger partial charge in [0.05, 0.1) is 24.3 Å². The molecular formula is C18H13Cl2FN2O3. The first kappa shape index (κ1) is 19.6. The van der Waals surface area contributed by atoms with Crippen LogP contribution in [0.15, 0.2) is 35.9 Å². The second kappa shape index (κ2) is 8.56. The van der Waals surface area contributed by atoms with Crippen LogP contribution in [-0.2, 0) is 4.79 Å². The minimum atomic E-state index is -0.680. The van der Waals surface area contributed by atoms with E-state index in [2.05, 4.69) is 5.32 Å². The molecule has 0 saturated carbocycles. The summed E-state index contributed by atoms with van der Waals surface area (Å²) in [7, 11) is 2.89. The fourth-order valence-electron chi connectivity index (χ4n) is 2.11. The molecule has 26 heavy (non-hydrogen) atoms. The number of hydrogen-bond donors (Lipinski definition) is 1. The molecule has 1 N–H and O–H groups in total. The van der Waals surface area contributed by atoms with Crippen molar-refractivity contribution in [1.29, 1.82) is 5.26 Å². The van der Waals surface area contributed by atoms with Crippen LogP contribution in [0.5, 0.6) is 11.5 Å². The molecule has 0 radical (unpaired) electrons. The number of carbonyl (C=O) groups excluding carboxylic acids is 1. The minimum absolute atomic E-state index is 0.142. The number of methoxy groups -OCH3 is 2. The Morgan fingerprint density at radius 2 is 1.92 bits per heavy atom. The van der Waals surface area contributed by atoms with E-state index in [0.717, 1.165) is 6.07 Å². The molecule has 0 bridgehead atoms. The maximum absolute atomic E-state index is 13.2. The lowest BCUT2D eigenvalue weighted by Crippen LogP contribution is -2.13. The summed E-state index contributed by atoms with van der Waals surface area (Å²) in [5.41, 5.74) is 0.540. The third-order valence-corrected chi connectivity index (χ3v) is 3.88. The Morgan fingerprint density at radius 1 is 1.19 bits per heavy atom. The number of carbonyl (C=O) groups is 1.